The van der Waals surface area contributed by atoms with Gasteiger partial charge < -0.3 is 9.64 Å². The Kier molecular flexibility index (Phi) is 6.35. The molecule has 4 rings (SSSR count). The third-order valence-electron chi connectivity index (χ3n) is 6.50. The van der Waals surface area contributed by atoms with Crippen LogP contribution in [0, 0.1) is 5.92 Å². The highest BCUT2D eigenvalue weighted by molar-refractivity contribution is 7.99. The standard InChI is InChI=1S/C21H28F3N3O2S/c1-2-26-20(9-11-25(12-10-20)15-16-7-13-29-14-8-16)19(28)27(30-26)18-5-3-17(4-6-18)21(22,23)24/h3-6,16H,2,7-15H2,1H3. The molecule has 3 heterocycles. The van der Waals surface area contributed by atoms with Crippen molar-refractivity contribution < 1.29 is 22.7 Å². The number of alkyl halides is 3. The molecule has 0 radical (unpaired) electrons. The van der Waals surface area contributed by atoms with Crippen molar-refractivity contribution in [2.24, 2.45) is 5.92 Å². The first-order chi connectivity index (χ1) is 14.3. The molecule has 1 amide bonds. The lowest BCUT2D eigenvalue weighted by atomic mass is 9.85. The van der Waals surface area contributed by atoms with E-state index in [1.807, 2.05) is 6.92 Å². The number of benzene rings is 1. The highest BCUT2D eigenvalue weighted by Gasteiger charge is 2.54. The van der Waals surface area contributed by atoms with Gasteiger partial charge in [0.05, 0.1) is 11.3 Å². The SMILES string of the molecule is CCN1SN(c2ccc(C(F)(F)F)cc2)C(=O)C12CCN(CC1CCOCC1)CC2. The van der Waals surface area contributed by atoms with Gasteiger partial charge in [-0.15, -0.1) is 0 Å². The molecule has 1 aromatic rings. The first-order valence-electron chi connectivity index (χ1n) is 10.6. The zero-order valence-corrected chi connectivity index (χ0v) is 18.0. The van der Waals surface area contributed by atoms with Gasteiger partial charge in [-0.2, -0.15) is 13.2 Å². The molecule has 1 spiro atoms. The topological polar surface area (TPSA) is 36.0 Å². The quantitative estimate of drug-likeness (QED) is 0.652. The van der Waals surface area contributed by atoms with Gasteiger partial charge in [0.25, 0.3) is 5.91 Å². The van der Waals surface area contributed by atoms with Gasteiger partial charge >= 0.3 is 6.18 Å². The molecule has 0 bridgehead atoms. The van der Waals surface area contributed by atoms with Crippen molar-refractivity contribution in [3.8, 4) is 0 Å². The number of amides is 1. The second kappa shape index (κ2) is 8.68. The number of carbonyl (C=O) groups excluding carboxylic acids is 1. The fourth-order valence-corrected chi connectivity index (χ4v) is 5.87. The van der Waals surface area contributed by atoms with Crippen molar-refractivity contribution >= 4 is 23.7 Å². The molecule has 166 valence electrons. The number of likely N-dealkylation sites (tertiary alicyclic amines) is 1. The van der Waals surface area contributed by atoms with Gasteiger partial charge in [-0.3, -0.25) is 4.79 Å². The molecule has 9 heteroatoms. The van der Waals surface area contributed by atoms with Crippen LogP contribution in [0.1, 0.15) is 38.2 Å². The fraction of sp³-hybridized carbons (Fsp3) is 0.667. The molecule has 30 heavy (non-hydrogen) atoms. The van der Waals surface area contributed by atoms with E-state index in [2.05, 4.69) is 9.21 Å². The lowest BCUT2D eigenvalue weighted by Crippen LogP contribution is -2.56. The van der Waals surface area contributed by atoms with E-state index in [9.17, 15) is 18.0 Å². The summed E-state index contributed by atoms with van der Waals surface area (Å²) in [6.45, 7) is 7.17. The molecule has 3 aliphatic heterocycles. The molecule has 0 N–H and O–H groups in total. The molecule has 0 unspecified atom stereocenters. The number of nitrogens with zero attached hydrogens (tertiary/aromatic N) is 3. The molecule has 0 aliphatic carbocycles. The van der Waals surface area contributed by atoms with Gasteiger partial charge in [-0.1, -0.05) is 6.92 Å². The molecule has 0 atom stereocenters. The fourth-order valence-electron chi connectivity index (χ4n) is 4.68. The minimum atomic E-state index is -4.38. The van der Waals surface area contributed by atoms with E-state index in [1.165, 1.54) is 24.3 Å². The Morgan fingerprint density at radius 3 is 2.33 bits per heavy atom. The molecule has 3 aliphatic rings. The summed E-state index contributed by atoms with van der Waals surface area (Å²) >= 11 is 1.33. The normalized spacial score (nSPS) is 24.1. The Morgan fingerprint density at radius 1 is 1.13 bits per heavy atom. The Hall–Kier alpha value is -1.29. The van der Waals surface area contributed by atoms with Crippen molar-refractivity contribution in [3.63, 3.8) is 0 Å². The maximum Gasteiger partial charge on any atom is 0.416 e. The number of rotatable bonds is 4. The van der Waals surface area contributed by atoms with Crippen molar-refractivity contribution in [1.82, 2.24) is 9.21 Å². The van der Waals surface area contributed by atoms with Crippen LogP contribution in [-0.4, -0.2) is 60.0 Å². The van der Waals surface area contributed by atoms with Gasteiger partial charge in [-0.05, 0) is 55.9 Å². The van der Waals surface area contributed by atoms with E-state index in [4.69, 9.17) is 4.74 Å². The molecular formula is C21H28F3N3O2S. The van der Waals surface area contributed by atoms with E-state index in [1.54, 1.807) is 4.31 Å². The first kappa shape index (κ1) is 21.9. The van der Waals surface area contributed by atoms with Gasteiger partial charge in [0, 0.05) is 51.5 Å². The van der Waals surface area contributed by atoms with Gasteiger partial charge in [0.2, 0.25) is 0 Å². The third kappa shape index (κ3) is 4.22. The predicted octanol–water partition coefficient (Wildman–Crippen LogP) is 4.20. The van der Waals surface area contributed by atoms with E-state index in [-0.39, 0.29) is 5.91 Å². The van der Waals surface area contributed by atoms with Crippen molar-refractivity contribution in [1.29, 1.82) is 0 Å². The Bertz CT molecular complexity index is 745. The number of hydrogen-bond donors (Lipinski definition) is 0. The van der Waals surface area contributed by atoms with Gasteiger partial charge in [0.1, 0.15) is 5.54 Å². The van der Waals surface area contributed by atoms with Crippen LogP contribution >= 0.6 is 12.1 Å². The summed E-state index contributed by atoms with van der Waals surface area (Å²) in [4.78, 5) is 15.9. The number of likely N-dealkylation sites (N-methyl/N-ethyl adjacent to an activating group) is 1. The van der Waals surface area contributed by atoms with Crippen LogP contribution in [0.4, 0.5) is 18.9 Å². The van der Waals surface area contributed by atoms with E-state index in [0.29, 0.717) is 18.2 Å². The second-order valence-corrected chi connectivity index (χ2v) is 9.28. The van der Waals surface area contributed by atoms with Crippen molar-refractivity contribution in [2.45, 2.75) is 44.3 Å². The minimum Gasteiger partial charge on any atom is -0.381 e. The average molecular weight is 444 g/mol. The zero-order chi connectivity index (χ0) is 21.4. The smallest absolute Gasteiger partial charge is 0.381 e. The molecule has 3 fully saturated rings. The number of halogens is 3. The summed E-state index contributed by atoms with van der Waals surface area (Å²) in [6.07, 6.45) is -0.701. The number of hydrogen-bond acceptors (Lipinski definition) is 5. The van der Waals surface area contributed by atoms with E-state index < -0.39 is 17.3 Å². The maximum atomic E-state index is 13.4. The van der Waals surface area contributed by atoms with Crippen LogP contribution in [-0.2, 0) is 15.7 Å². The van der Waals surface area contributed by atoms with Crippen LogP contribution < -0.4 is 4.31 Å². The number of piperidine rings is 1. The van der Waals surface area contributed by atoms with E-state index in [0.717, 1.165) is 70.7 Å². The second-order valence-electron chi connectivity index (χ2n) is 8.31. The number of anilines is 1. The molecule has 5 nitrogen and oxygen atoms in total. The third-order valence-corrected chi connectivity index (χ3v) is 7.84. The van der Waals surface area contributed by atoms with Crippen molar-refractivity contribution in [2.75, 3.05) is 43.7 Å². The highest BCUT2D eigenvalue weighted by Crippen LogP contribution is 2.46. The molecule has 0 aromatic heterocycles. The summed E-state index contributed by atoms with van der Waals surface area (Å²) in [5.41, 5.74) is -0.779. The van der Waals surface area contributed by atoms with E-state index >= 15 is 0 Å². The number of carbonyl (C=O) groups is 1. The highest BCUT2D eigenvalue weighted by atomic mass is 32.2. The summed E-state index contributed by atoms with van der Waals surface area (Å²) in [5, 5.41) is 0. The zero-order valence-electron chi connectivity index (χ0n) is 17.2. The Morgan fingerprint density at radius 2 is 1.77 bits per heavy atom. The molecule has 1 aromatic carbocycles. The van der Waals surface area contributed by atoms with Crippen LogP contribution in [0.5, 0.6) is 0 Å². The molecule has 3 saturated heterocycles. The van der Waals surface area contributed by atoms with Crippen LogP contribution in [0.2, 0.25) is 0 Å². The maximum absolute atomic E-state index is 13.4. The summed E-state index contributed by atoms with van der Waals surface area (Å²) in [7, 11) is 0. The lowest BCUT2D eigenvalue weighted by Gasteiger charge is -2.42. The molecular weight excluding hydrogens is 415 g/mol. The Labute approximate surface area is 179 Å². The average Bonchev–Trinajstić information content (AvgIpc) is 3.01. The monoisotopic (exact) mass is 443 g/mol. The summed E-state index contributed by atoms with van der Waals surface area (Å²) in [6, 6.07) is 4.86. The van der Waals surface area contributed by atoms with Crippen LogP contribution in [0.15, 0.2) is 24.3 Å². The predicted molar refractivity (Wildman–Crippen MR) is 111 cm³/mol. The van der Waals surface area contributed by atoms with Crippen molar-refractivity contribution in [3.05, 3.63) is 29.8 Å². The van der Waals surface area contributed by atoms with Gasteiger partial charge in [0.15, 0.2) is 0 Å². The van der Waals surface area contributed by atoms with Gasteiger partial charge in [-0.25, -0.2) is 8.61 Å². The Balaban J connectivity index is 1.44. The van der Waals surface area contributed by atoms with Crippen LogP contribution in [0.25, 0.3) is 0 Å². The lowest BCUT2D eigenvalue weighted by molar-refractivity contribution is -0.137. The molecule has 0 saturated carbocycles. The minimum absolute atomic E-state index is 0.0141. The number of ether oxygens (including phenoxy) is 1. The largest absolute Gasteiger partial charge is 0.416 e. The first-order valence-corrected chi connectivity index (χ1v) is 11.3. The summed E-state index contributed by atoms with van der Waals surface area (Å²) in [5.74, 6) is 0.646. The summed E-state index contributed by atoms with van der Waals surface area (Å²) < 4.78 is 47.7. The van der Waals surface area contributed by atoms with Crippen LogP contribution in [0.3, 0.4) is 0 Å².